The quantitative estimate of drug-likeness (QED) is 0.824. The van der Waals surface area contributed by atoms with Crippen molar-refractivity contribution < 1.29 is 26.4 Å². The average Bonchev–Trinajstić information content (AvgIpc) is 2.53. The van der Waals surface area contributed by atoms with Crippen molar-refractivity contribution in [3.8, 4) is 0 Å². The number of carbonyl (C=O) groups excluding carboxylic acids is 1. The molecule has 0 aliphatic heterocycles. The number of hydrogen-bond acceptors (Lipinski definition) is 3. The fourth-order valence-corrected chi connectivity index (χ4v) is 3.36. The minimum atomic E-state index is -4.45. The van der Waals surface area contributed by atoms with Crippen molar-refractivity contribution in [3.63, 3.8) is 0 Å². The highest BCUT2D eigenvalue weighted by Crippen LogP contribution is 2.29. The summed E-state index contributed by atoms with van der Waals surface area (Å²) >= 11 is 0. The van der Waals surface area contributed by atoms with Gasteiger partial charge in [0.05, 0.1) is 10.5 Å². The van der Waals surface area contributed by atoms with E-state index in [1.807, 2.05) is 0 Å². The number of hydrogen-bond donors (Lipinski definition) is 2. The molecule has 2 rings (SSSR count). The van der Waals surface area contributed by atoms with E-state index >= 15 is 0 Å². The molecule has 0 saturated carbocycles. The minimum Gasteiger partial charge on any atom is -0.322 e. The van der Waals surface area contributed by atoms with Gasteiger partial charge in [0.2, 0.25) is 10.0 Å². The van der Waals surface area contributed by atoms with E-state index < -0.39 is 27.7 Å². The molecule has 0 radical (unpaired) electrons. The van der Waals surface area contributed by atoms with Crippen LogP contribution < -0.4 is 10.0 Å². The zero-order valence-corrected chi connectivity index (χ0v) is 14.8. The van der Waals surface area contributed by atoms with Crippen LogP contribution in [0.3, 0.4) is 0 Å². The van der Waals surface area contributed by atoms with Crippen molar-refractivity contribution in [2.75, 3.05) is 5.32 Å². The largest absolute Gasteiger partial charge is 0.416 e. The highest BCUT2D eigenvalue weighted by atomic mass is 32.2. The van der Waals surface area contributed by atoms with Crippen molar-refractivity contribution in [3.05, 3.63) is 59.7 Å². The zero-order chi connectivity index (χ0) is 19.5. The molecule has 2 N–H and O–H groups in total. The number of carbonyl (C=O) groups is 1. The van der Waals surface area contributed by atoms with Gasteiger partial charge in [-0.1, -0.05) is 0 Å². The van der Waals surface area contributed by atoms with Crippen LogP contribution in [0.5, 0.6) is 0 Å². The van der Waals surface area contributed by atoms with Gasteiger partial charge in [-0.15, -0.1) is 0 Å². The SMILES string of the molecule is CC(C)NS(=O)(=O)c1ccc(C(=O)Nc2ccc(C(F)(F)F)cc2)cc1. The molecule has 0 aromatic heterocycles. The van der Waals surface area contributed by atoms with E-state index in [4.69, 9.17) is 0 Å². The van der Waals surface area contributed by atoms with Crippen molar-refractivity contribution in [2.24, 2.45) is 0 Å². The van der Waals surface area contributed by atoms with Gasteiger partial charge in [0.15, 0.2) is 0 Å². The van der Waals surface area contributed by atoms with Crippen LogP contribution in [0.2, 0.25) is 0 Å². The number of anilines is 1. The molecule has 0 atom stereocenters. The van der Waals surface area contributed by atoms with E-state index in [1.165, 1.54) is 24.3 Å². The van der Waals surface area contributed by atoms with Gasteiger partial charge in [-0.3, -0.25) is 4.79 Å². The van der Waals surface area contributed by atoms with Crippen LogP contribution in [0, 0.1) is 0 Å². The third-order valence-electron chi connectivity index (χ3n) is 3.29. The first-order chi connectivity index (χ1) is 12.0. The summed E-state index contributed by atoms with van der Waals surface area (Å²) in [6.45, 7) is 3.37. The van der Waals surface area contributed by atoms with Gasteiger partial charge in [-0.25, -0.2) is 13.1 Å². The Bertz CT molecular complexity index is 875. The molecule has 9 heteroatoms. The summed E-state index contributed by atoms with van der Waals surface area (Å²) in [4.78, 5) is 12.1. The molecule has 26 heavy (non-hydrogen) atoms. The fourth-order valence-electron chi connectivity index (χ4n) is 2.11. The molecule has 0 aliphatic rings. The van der Waals surface area contributed by atoms with Crippen LogP contribution >= 0.6 is 0 Å². The van der Waals surface area contributed by atoms with Crippen molar-refractivity contribution in [1.29, 1.82) is 0 Å². The lowest BCUT2D eigenvalue weighted by Crippen LogP contribution is -2.30. The summed E-state index contributed by atoms with van der Waals surface area (Å²) in [5.41, 5.74) is -0.447. The molecule has 0 aliphatic carbocycles. The molecule has 0 spiro atoms. The summed E-state index contributed by atoms with van der Waals surface area (Å²) in [6.07, 6.45) is -4.45. The molecule has 1 amide bonds. The molecular weight excluding hydrogens is 369 g/mol. The molecule has 2 aromatic carbocycles. The highest BCUT2D eigenvalue weighted by molar-refractivity contribution is 7.89. The van der Waals surface area contributed by atoms with Gasteiger partial charge in [0.1, 0.15) is 0 Å². The molecule has 0 bridgehead atoms. The fraction of sp³-hybridized carbons (Fsp3) is 0.235. The number of rotatable bonds is 5. The van der Waals surface area contributed by atoms with Crippen LogP contribution in [0.4, 0.5) is 18.9 Å². The van der Waals surface area contributed by atoms with Crippen LogP contribution in [0.1, 0.15) is 29.8 Å². The average molecular weight is 386 g/mol. The number of alkyl halides is 3. The van der Waals surface area contributed by atoms with Crippen molar-refractivity contribution in [2.45, 2.75) is 31.0 Å². The number of benzene rings is 2. The molecule has 0 unspecified atom stereocenters. The van der Waals surface area contributed by atoms with Crippen LogP contribution in [-0.4, -0.2) is 20.4 Å². The third kappa shape index (κ3) is 5.06. The molecule has 0 saturated heterocycles. The normalized spacial score (nSPS) is 12.2. The Morgan fingerprint density at radius 1 is 0.962 bits per heavy atom. The summed E-state index contributed by atoms with van der Waals surface area (Å²) in [5.74, 6) is -0.564. The molecular formula is C17H17F3N2O3S. The van der Waals surface area contributed by atoms with E-state index in [-0.39, 0.29) is 22.2 Å². The van der Waals surface area contributed by atoms with Gasteiger partial charge >= 0.3 is 6.18 Å². The predicted molar refractivity (Wildman–Crippen MR) is 91.3 cm³/mol. The Morgan fingerprint density at radius 3 is 1.96 bits per heavy atom. The Labute approximate surface area is 149 Å². The maximum absolute atomic E-state index is 12.5. The Hall–Kier alpha value is -2.39. The summed E-state index contributed by atoms with van der Waals surface area (Å²) in [5, 5.41) is 2.46. The van der Waals surface area contributed by atoms with Crippen molar-refractivity contribution >= 4 is 21.6 Å². The molecule has 5 nitrogen and oxygen atoms in total. The second-order valence-electron chi connectivity index (χ2n) is 5.83. The predicted octanol–water partition coefficient (Wildman–Crippen LogP) is 3.64. The number of halogens is 3. The minimum absolute atomic E-state index is 0.0114. The summed E-state index contributed by atoms with van der Waals surface area (Å²) < 4.78 is 64.0. The third-order valence-corrected chi connectivity index (χ3v) is 4.96. The van der Waals surface area contributed by atoms with Gasteiger partial charge < -0.3 is 5.32 Å². The summed E-state index contributed by atoms with van der Waals surface area (Å²) in [7, 11) is -3.67. The van der Waals surface area contributed by atoms with Crippen LogP contribution in [-0.2, 0) is 16.2 Å². The van der Waals surface area contributed by atoms with E-state index in [2.05, 4.69) is 10.0 Å². The Morgan fingerprint density at radius 2 is 1.50 bits per heavy atom. The van der Waals surface area contributed by atoms with Gasteiger partial charge in [0, 0.05) is 17.3 Å². The number of nitrogens with one attached hydrogen (secondary N) is 2. The van der Waals surface area contributed by atoms with Gasteiger partial charge in [-0.2, -0.15) is 13.2 Å². The van der Waals surface area contributed by atoms with Crippen LogP contribution in [0.15, 0.2) is 53.4 Å². The monoisotopic (exact) mass is 386 g/mol. The maximum Gasteiger partial charge on any atom is 0.416 e. The smallest absolute Gasteiger partial charge is 0.322 e. The van der Waals surface area contributed by atoms with E-state index in [0.717, 1.165) is 24.3 Å². The standard InChI is InChI=1S/C17H17F3N2O3S/c1-11(2)22-26(24,25)15-9-3-12(4-10-15)16(23)21-14-7-5-13(6-8-14)17(18,19)20/h3-11,22H,1-2H3,(H,21,23). The van der Waals surface area contributed by atoms with Gasteiger partial charge in [0.25, 0.3) is 5.91 Å². The lowest BCUT2D eigenvalue weighted by atomic mass is 10.2. The Kier molecular flexibility index (Phi) is 5.72. The van der Waals surface area contributed by atoms with E-state index in [9.17, 15) is 26.4 Å². The summed E-state index contributed by atoms with van der Waals surface area (Å²) in [6, 6.07) is 8.97. The first-order valence-corrected chi connectivity index (χ1v) is 9.08. The van der Waals surface area contributed by atoms with E-state index in [0.29, 0.717) is 0 Å². The van der Waals surface area contributed by atoms with E-state index in [1.54, 1.807) is 13.8 Å². The highest BCUT2D eigenvalue weighted by Gasteiger charge is 2.30. The first-order valence-electron chi connectivity index (χ1n) is 7.60. The maximum atomic E-state index is 12.5. The second kappa shape index (κ2) is 7.46. The molecule has 2 aromatic rings. The molecule has 0 fully saturated rings. The number of amides is 1. The van der Waals surface area contributed by atoms with Gasteiger partial charge in [-0.05, 0) is 62.4 Å². The number of sulfonamides is 1. The lowest BCUT2D eigenvalue weighted by Gasteiger charge is -2.11. The Balaban J connectivity index is 2.11. The topological polar surface area (TPSA) is 75.3 Å². The lowest BCUT2D eigenvalue weighted by molar-refractivity contribution is -0.137. The molecule has 140 valence electrons. The molecule has 0 heterocycles. The van der Waals surface area contributed by atoms with Crippen LogP contribution in [0.25, 0.3) is 0 Å². The van der Waals surface area contributed by atoms with Crippen molar-refractivity contribution in [1.82, 2.24) is 4.72 Å². The zero-order valence-electron chi connectivity index (χ0n) is 14.0. The first kappa shape index (κ1) is 19.9. The second-order valence-corrected chi connectivity index (χ2v) is 7.54.